The van der Waals surface area contributed by atoms with Crippen molar-refractivity contribution in [3.05, 3.63) is 10.4 Å². The van der Waals surface area contributed by atoms with Crippen LogP contribution in [0.5, 0.6) is 6.01 Å². The maximum absolute atomic E-state index is 12.6. The van der Waals surface area contributed by atoms with Crippen LogP contribution in [0.1, 0.15) is 20.8 Å². The molecule has 1 saturated heterocycles. The molecule has 2 aliphatic rings. The molecule has 0 aliphatic carbocycles. The molecule has 3 rings (SSSR count). The van der Waals surface area contributed by atoms with Crippen molar-refractivity contribution in [2.45, 2.75) is 45.2 Å². The Morgan fingerprint density at radius 2 is 1.86 bits per heavy atom. The number of hydrogen-bond acceptors (Lipinski definition) is 10. The topological polar surface area (TPSA) is 149 Å². The summed E-state index contributed by atoms with van der Waals surface area (Å²) in [7, 11) is 1.33. The van der Waals surface area contributed by atoms with Gasteiger partial charge < -0.3 is 24.3 Å². The summed E-state index contributed by atoms with van der Waals surface area (Å²) in [4.78, 5) is 55.8. The lowest BCUT2D eigenvalue weighted by atomic mass is 9.96. The van der Waals surface area contributed by atoms with Crippen LogP contribution < -0.4 is 20.5 Å². The Bertz CT molecular complexity index is 869. The molecule has 0 unspecified atom stereocenters. The van der Waals surface area contributed by atoms with Crippen LogP contribution in [0.3, 0.4) is 0 Å². The number of nitrogens with zero attached hydrogens (tertiary/aromatic N) is 2. The van der Waals surface area contributed by atoms with Crippen molar-refractivity contribution >= 4 is 29.4 Å². The van der Waals surface area contributed by atoms with E-state index < -0.39 is 47.9 Å². The molecule has 0 aromatic carbocycles. The molecule has 0 bridgehead atoms. The number of fused-ring (bicyclic) bond motifs is 2. The fraction of sp³-hybridized carbons (Fsp3) is 0.562. The highest BCUT2D eigenvalue weighted by Gasteiger charge is 2.52. The largest absolute Gasteiger partial charge is 0.468 e. The van der Waals surface area contributed by atoms with E-state index in [0.717, 1.165) is 4.90 Å². The molecule has 0 saturated carbocycles. The number of H-pyrrole nitrogens is 1. The van der Waals surface area contributed by atoms with Crippen LogP contribution in [-0.4, -0.2) is 66.0 Å². The first kappa shape index (κ1) is 19.6. The molecule has 1 fully saturated rings. The summed E-state index contributed by atoms with van der Waals surface area (Å²) in [5.41, 5.74) is -0.724. The Morgan fingerprint density at radius 3 is 2.43 bits per heavy atom. The van der Waals surface area contributed by atoms with Crippen LogP contribution >= 0.6 is 0 Å². The first-order chi connectivity index (χ1) is 13.2. The summed E-state index contributed by atoms with van der Waals surface area (Å²) in [6.07, 6.45) is -2.89. The second-order valence-corrected chi connectivity index (χ2v) is 6.27. The Balaban J connectivity index is 2.11. The average Bonchev–Trinajstić information content (AvgIpc) is 2.60. The van der Waals surface area contributed by atoms with E-state index in [0.29, 0.717) is 0 Å². The number of ether oxygens (including phenoxy) is 4. The third kappa shape index (κ3) is 3.50. The number of anilines is 2. The normalized spacial score (nSPS) is 25.6. The zero-order chi connectivity index (χ0) is 20.6. The molecule has 152 valence electrons. The van der Waals surface area contributed by atoms with E-state index in [9.17, 15) is 19.2 Å². The van der Waals surface area contributed by atoms with Gasteiger partial charge in [0.1, 0.15) is 6.04 Å². The lowest BCUT2D eigenvalue weighted by Gasteiger charge is -2.48. The molecular formula is C16H20N4O8. The lowest BCUT2D eigenvalue weighted by Crippen LogP contribution is -2.68. The van der Waals surface area contributed by atoms with Crippen LogP contribution in [0.2, 0.25) is 0 Å². The number of nitrogens with one attached hydrogen (secondary N) is 2. The van der Waals surface area contributed by atoms with Gasteiger partial charge in [0.2, 0.25) is 5.91 Å². The van der Waals surface area contributed by atoms with Gasteiger partial charge in [-0.1, -0.05) is 0 Å². The number of rotatable bonds is 3. The van der Waals surface area contributed by atoms with E-state index in [1.807, 2.05) is 0 Å². The summed E-state index contributed by atoms with van der Waals surface area (Å²) in [5.74, 6) is -1.69. The van der Waals surface area contributed by atoms with Crippen molar-refractivity contribution in [3.63, 3.8) is 0 Å². The van der Waals surface area contributed by atoms with Crippen molar-refractivity contribution in [2.75, 3.05) is 23.9 Å². The van der Waals surface area contributed by atoms with Crippen LogP contribution in [0.4, 0.5) is 11.5 Å². The van der Waals surface area contributed by atoms with E-state index in [4.69, 9.17) is 18.9 Å². The second kappa shape index (κ2) is 7.46. The summed E-state index contributed by atoms with van der Waals surface area (Å²) in [6, 6.07) is -1.02. The Kier molecular flexibility index (Phi) is 5.23. The van der Waals surface area contributed by atoms with E-state index in [2.05, 4.69) is 15.3 Å². The molecule has 0 spiro atoms. The fourth-order valence-corrected chi connectivity index (χ4v) is 3.36. The number of hydrogen-bond donors (Lipinski definition) is 2. The van der Waals surface area contributed by atoms with Gasteiger partial charge in [-0.2, -0.15) is 4.98 Å². The van der Waals surface area contributed by atoms with Crippen molar-refractivity contribution in [1.29, 1.82) is 0 Å². The molecule has 2 N–H and O–H groups in total. The number of aromatic amines is 1. The van der Waals surface area contributed by atoms with Gasteiger partial charge in [0, 0.05) is 20.8 Å². The highest BCUT2D eigenvalue weighted by Crippen LogP contribution is 2.36. The first-order valence-electron chi connectivity index (χ1n) is 8.43. The van der Waals surface area contributed by atoms with Gasteiger partial charge in [0.25, 0.3) is 11.6 Å². The molecular weight excluding hydrogens is 376 g/mol. The van der Waals surface area contributed by atoms with E-state index in [1.165, 1.54) is 27.9 Å². The standard InChI is InChI=1S/C16H20N4O8/c1-6(21)20-10-12(28-8(3)23)9(27-7(2)22)5-26-15(10)17-13-11(20)14(24)19-16(18-13)25-4/h9-10,12,15H,5H2,1-4H3,(H2,17,18,19,24)/t9-,10-,12-,15+/m1/s1. The number of methoxy groups -OCH3 is 1. The molecule has 4 atom stereocenters. The van der Waals surface area contributed by atoms with Gasteiger partial charge in [0.15, 0.2) is 29.9 Å². The lowest BCUT2D eigenvalue weighted by molar-refractivity contribution is -0.190. The van der Waals surface area contributed by atoms with Gasteiger partial charge in [-0.25, -0.2) is 0 Å². The Labute approximate surface area is 159 Å². The monoisotopic (exact) mass is 396 g/mol. The van der Waals surface area contributed by atoms with Gasteiger partial charge in [-0.15, -0.1) is 0 Å². The van der Waals surface area contributed by atoms with Gasteiger partial charge in [0.05, 0.1) is 13.7 Å². The first-order valence-corrected chi connectivity index (χ1v) is 8.43. The minimum Gasteiger partial charge on any atom is -0.468 e. The molecule has 2 aliphatic heterocycles. The number of carbonyl (C=O) groups is 3. The third-order valence-corrected chi connectivity index (χ3v) is 4.30. The number of esters is 2. The fourth-order valence-electron chi connectivity index (χ4n) is 3.36. The Morgan fingerprint density at radius 1 is 1.18 bits per heavy atom. The maximum atomic E-state index is 12.6. The number of amides is 1. The molecule has 28 heavy (non-hydrogen) atoms. The minimum absolute atomic E-state index is 0.0525. The van der Waals surface area contributed by atoms with Gasteiger partial charge in [-0.05, 0) is 0 Å². The molecule has 3 heterocycles. The molecule has 1 amide bonds. The van der Waals surface area contributed by atoms with Crippen molar-refractivity contribution < 1.29 is 33.3 Å². The van der Waals surface area contributed by atoms with E-state index >= 15 is 0 Å². The van der Waals surface area contributed by atoms with E-state index in [1.54, 1.807) is 0 Å². The Hall–Kier alpha value is -3.15. The second-order valence-electron chi connectivity index (χ2n) is 6.27. The highest BCUT2D eigenvalue weighted by molar-refractivity contribution is 5.96. The highest BCUT2D eigenvalue weighted by atomic mass is 16.6. The SMILES string of the molecule is COc1nc2c(c(=O)[nH]1)N(C(C)=O)[C@@H]1[C@H](OC(C)=O)[C@H](OC(C)=O)CO[C@@H]1N2. The number of carbonyl (C=O) groups excluding carboxylic acids is 3. The predicted octanol–water partition coefficient (Wildman–Crippen LogP) is -0.855. The quantitative estimate of drug-likeness (QED) is 0.618. The molecule has 12 heteroatoms. The van der Waals surface area contributed by atoms with Crippen molar-refractivity contribution in [1.82, 2.24) is 9.97 Å². The summed E-state index contributed by atoms with van der Waals surface area (Å²) >= 11 is 0. The zero-order valence-electron chi connectivity index (χ0n) is 15.7. The van der Waals surface area contributed by atoms with Crippen molar-refractivity contribution in [2.24, 2.45) is 0 Å². The third-order valence-electron chi connectivity index (χ3n) is 4.30. The van der Waals surface area contributed by atoms with E-state index in [-0.39, 0.29) is 24.1 Å². The summed E-state index contributed by atoms with van der Waals surface area (Å²) in [5, 5.41) is 2.92. The van der Waals surface area contributed by atoms with Crippen LogP contribution in [0.25, 0.3) is 0 Å². The predicted molar refractivity (Wildman–Crippen MR) is 92.8 cm³/mol. The molecule has 1 aromatic rings. The zero-order valence-corrected chi connectivity index (χ0v) is 15.7. The van der Waals surface area contributed by atoms with Crippen LogP contribution in [0.15, 0.2) is 4.79 Å². The average molecular weight is 396 g/mol. The smallest absolute Gasteiger partial charge is 0.303 e. The maximum Gasteiger partial charge on any atom is 0.303 e. The minimum atomic E-state index is -1.06. The summed E-state index contributed by atoms with van der Waals surface area (Å²) < 4.78 is 21.2. The van der Waals surface area contributed by atoms with Crippen LogP contribution in [0, 0.1) is 0 Å². The van der Waals surface area contributed by atoms with Crippen LogP contribution in [-0.2, 0) is 28.6 Å². The summed E-state index contributed by atoms with van der Waals surface area (Å²) in [6.45, 7) is 3.55. The van der Waals surface area contributed by atoms with Gasteiger partial charge >= 0.3 is 11.9 Å². The molecule has 0 radical (unpaired) electrons. The number of aromatic nitrogens is 2. The van der Waals surface area contributed by atoms with Gasteiger partial charge in [-0.3, -0.25) is 29.1 Å². The molecule has 12 nitrogen and oxygen atoms in total. The van der Waals surface area contributed by atoms with Crippen molar-refractivity contribution in [3.8, 4) is 6.01 Å². The molecule has 1 aromatic heterocycles.